The molecule has 0 amide bonds. The second-order valence-electron chi connectivity index (χ2n) is 4.14. The van der Waals surface area contributed by atoms with Crippen LogP contribution in [0, 0.1) is 0 Å². The lowest BCUT2D eigenvalue weighted by Crippen LogP contribution is -2.30. The highest BCUT2D eigenvalue weighted by Crippen LogP contribution is 2.16. The van der Waals surface area contributed by atoms with Gasteiger partial charge >= 0.3 is 0 Å². The highest BCUT2D eigenvalue weighted by Gasteiger charge is 2.10. The van der Waals surface area contributed by atoms with Gasteiger partial charge in [-0.15, -0.1) is 0 Å². The van der Waals surface area contributed by atoms with Gasteiger partial charge in [0.05, 0.1) is 6.61 Å². The van der Waals surface area contributed by atoms with Gasteiger partial charge < -0.3 is 14.4 Å². The summed E-state index contributed by atoms with van der Waals surface area (Å²) >= 11 is 6.03. The molecule has 1 aromatic heterocycles. The molecule has 0 N–H and O–H groups in total. The SMILES string of the molecule is CCc1nc(Cl)cc(N(CCCOC)CCOC)n1. The molecule has 0 atom stereocenters. The van der Waals surface area contributed by atoms with Crippen molar-refractivity contribution in [1.29, 1.82) is 0 Å². The second kappa shape index (κ2) is 9.07. The van der Waals surface area contributed by atoms with Gasteiger partial charge in [0.15, 0.2) is 0 Å². The van der Waals surface area contributed by atoms with Gasteiger partial charge in [0.1, 0.15) is 16.8 Å². The Morgan fingerprint density at radius 1 is 1.16 bits per heavy atom. The van der Waals surface area contributed by atoms with Gasteiger partial charge in [-0.25, -0.2) is 9.97 Å². The maximum atomic E-state index is 6.03. The third-order valence-corrected chi connectivity index (χ3v) is 2.90. The molecule has 19 heavy (non-hydrogen) atoms. The topological polar surface area (TPSA) is 47.5 Å². The normalized spacial score (nSPS) is 10.7. The first-order valence-electron chi connectivity index (χ1n) is 6.47. The Bertz CT molecular complexity index is 377. The molecule has 0 aliphatic carbocycles. The fourth-order valence-corrected chi connectivity index (χ4v) is 1.91. The van der Waals surface area contributed by atoms with Gasteiger partial charge in [0, 0.05) is 46.4 Å². The van der Waals surface area contributed by atoms with Gasteiger partial charge in [0.2, 0.25) is 0 Å². The van der Waals surface area contributed by atoms with Crippen LogP contribution in [-0.4, -0.2) is 50.5 Å². The minimum absolute atomic E-state index is 0.482. The van der Waals surface area contributed by atoms with Gasteiger partial charge in [-0.2, -0.15) is 0 Å². The molecule has 6 heteroatoms. The van der Waals surface area contributed by atoms with E-state index in [1.165, 1.54) is 0 Å². The molecular weight excluding hydrogens is 266 g/mol. The Balaban J connectivity index is 2.79. The number of hydrogen-bond acceptors (Lipinski definition) is 5. The van der Waals surface area contributed by atoms with E-state index in [0.29, 0.717) is 11.8 Å². The molecule has 0 saturated heterocycles. The Kier molecular flexibility index (Phi) is 7.70. The van der Waals surface area contributed by atoms with Crippen molar-refractivity contribution < 1.29 is 9.47 Å². The minimum atomic E-state index is 0.482. The third-order valence-electron chi connectivity index (χ3n) is 2.71. The lowest BCUT2D eigenvalue weighted by Gasteiger charge is -2.23. The predicted molar refractivity (Wildman–Crippen MR) is 77.0 cm³/mol. The van der Waals surface area contributed by atoms with Gasteiger partial charge in [-0.1, -0.05) is 18.5 Å². The van der Waals surface area contributed by atoms with Crippen molar-refractivity contribution in [3.8, 4) is 0 Å². The molecule has 5 nitrogen and oxygen atoms in total. The number of hydrogen-bond donors (Lipinski definition) is 0. The smallest absolute Gasteiger partial charge is 0.134 e. The third kappa shape index (κ3) is 5.72. The molecule has 0 unspecified atom stereocenters. The van der Waals surface area contributed by atoms with Crippen molar-refractivity contribution in [2.45, 2.75) is 19.8 Å². The van der Waals surface area contributed by atoms with E-state index < -0.39 is 0 Å². The highest BCUT2D eigenvalue weighted by molar-refractivity contribution is 6.29. The first-order valence-corrected chi connectivity index (χ1v) is 6.85. The Labute approximate surface area is 119 Å². The summed E-state index contributed by atoms with van der Waals surface area (Å²) in [4.78, 5) is 10.8. The standard InChI is InChI=1S/C13H22ClN3O2/c1-4-12-15-11(14)10-13(16-12)17(7-9-19-3)6-5-8-18-2/h10H,4-9H2,1-3H3. The van der Waals surface area contributed by atoms with E-state index >= 15 is 0 Å². The van der Waals surface area contributed by atoms with Crippen molar-refractivity contribution in [3.63, 3.8) is 0 Å². The zero-order valence-corrected chi connectivity index (χ0v) is 12.6. The van der Waals surface area contributed by atoms with E-state index in [2.05, 4.69) is 14.9 Å². The van der Waals surface area contributed by atoms with E-state index in [-0.39, 0.29) is 0 Å². The van der Waals surface area contributed by atoms with Crippen molar-refractivity contribution in [2.24, 2.45) is 0 Å². The van der Waals surface area contributed by atoms with E-state index in [1.54, 1.807) is 20.3 Å². The van der Waals surface area contributed by atoms with E-state index in [4.69, 9.17) is 21.1 Å². The molecule has 0 aromatic carbocycles. The summed E-state index contributed by atoms with van der Waals surface area (Å²) in [5.74, 6) is 1.61. The highest BCUT2D eigenvalue weighted by atomic mass is 35.5. The fourth-order valence-electron chi connectivity index (χ4n) is 1.71. The predicted octanol–water partition coefficient (Wildman–Crippen LogP) is 2.18. The molecule has 1 heterocycles. The number of anilines is 1. The van der Waals surface area contributed by atoms with Crippen LogP contribution in [0.1, 0.15) is 19.2 Å². The van der Waals surface area contributed by atoms with E-state index in [0.717, 1.165) is 44.2 Å². The molecule has 1 aromatic rings. The average Bonchev–Trinajstić information content (AvgIpc) is 2.42. The molecular formula is C13H22ClN3O2. The summed E-state index contributed by atoms with van der Waals surface area (Å²) in [7, 11) is 3.40. The first kappa shape index (κ1) is 16.1. The van der Waals surface area contributed by atoms with E-state index in [9.17, 15) is 0 Å². The monoisotopic (exact) mass is 287 g/mol. The van der Waals surface area contributed by atoms with Crippen LogP contribution in [0.2, 0.25) is 5.15 Å². The zero-order valence-electron chi connectivity index (χ0n) is 11.9. The maximum absolute atomic E-state index is 6.03. The number of aromatic nitrogens is 2. The van der Waals surface area contributed by atoms with Crippen LogP contribution in [-0.2, 0) is 15.9 Å². The maximum Gasteiger partial charge on any atom is 0.134 e. The Hall–Kier alpha value is -0.910. The number of aryl methyl sites for hydroxylation is 1. The first-order chi connectivity index (χ1) is 9.21. The largest absolute Gasteiger partial charge is 0.385 e. The molecule has 0 saturated carbocycles. The van der Waals surface area contributed by atoms with Crippen LogP contribution in [0.15, 0.2) is 6.07 Å². The van der Waals surface area contributed by atoms with Crippen LogP contribution in [0.4, 0.5) is 5.82 Å². The van der Waals surface area contributed by atoms with Gasteiger partial charge in [-0.05, 0) is 6.42 Å². The average molecular weight is 288 g/mol. The van der Waals surface area contributed by atoms with Crippen molar-refractivity contribution in [2.75, 3.05) is 45.4 Å². The minimum Gasteiger partial charge on any atom is -0.385 e. The zero-order chi connectivity index (χ0) is 14.1. The number of ether oxygens (including phenoxy) is 2. The quantitative estimate of drug-likeness (QED) is 0.515. The summed E-state index contributed by atoms with van der Waals surface area (Å²) < 4.78 is 10.2. The van der Waals surface area contributed by atoms with Crippen LogP contribution < -0.4 is 4.90 Å². The molecule has 0 fully saturated rings. The number of nitrogens with zero attached hydrogens (tertiary/aromatic N) is 3. The lowest BCUT2D eigenvalue weighted by atomic mass is 10.3. The second-order valence-corrected chi connectivity index (χ2v) is 4.53. The van der Waals surface area contributed by atoms with Crippen LogP contribution >= 0.6 is 11.6 Å². The Morgan fingerprint density at radius 3 is 2.53 bits per heavy atom. The molecule has 0 bridgehead atoms. The number of halogens is 1. The fraction of sp³-hybridized carbons (Fsp3) is 0.692. The van der Waals surface area contributed by atoms with Crippen LogP contribution in [0.5, 0.6) is 0 Å². The summed E-state index contributed by atoms with van der Waals surface area (Å²) in [6.45, 7) is 5.02. The molecule has 0 spiro atoms. The van der Waals surface area contributed by atoms with Gasteiger partial charge in [0.25, 0.3) is 0 Å². The molecule has 108 valence electrons. The van der Waals surface area contributed by atoms with Crippen molar-refractivity contribution in [3.05, 3.63) is 17.0 Å². The van der Waals surface area contributed by atoms with Crippen LogP contribution in [0.3, 0.4) is 0 Å². The Morgan fingerprint density at radius 2 is 1.89 bits per heavy atom. The van der Waals surface area contributed by atoms with Crippen molar-refractivity contribution >= 4 is 17.4 Å². The summed E-state index contributed by atoms with van der Waals surface area (Å²) in [6, 6.07) is 1.79. The molecule has 0 radical (unpaired) electrons. The summed E-state index contributed by atoms with van der Waals surface area (Å²) in [5.41, 5.74) is 0. The van der Waals surface area contributed by atoms with Crippen LogP contribution in [0.25, 0.3) is 0 Å². The number of methoxy groups -OCH3 is 2. The van der Waals surface area contributed by atoms with Crippen molar-refractivity contribution in [1.82, 2.24) is 9.97 Å². The molecule has 1 rings (SSSR count). The summed E-state index contributed by atoms with van der Waals surface area (Å²) in [5, 5.41) is 0.482. The summed E-state index contributed by atoms with van der Waals surface area (Å²) in [6.07, 6.45) is 1.70. The number of rotatable bonds is 9. The lowest BCUT2D eigenvalue weighted by molar-refractivity contribution is 0.191. The van der Waals surface area contributed by atoms with Gasteiger partial charge in [-0.3, -0.25) is 0 Å². The van der Waals surface area contributed by atoms with E-state index in [1.807, 2.05) is 6.92 Å². The molecule has 0 aliphatic rings. The molecule has 0 aliphatic heterocycles.